The predicted molar refractivity (Wildman–Crippen MR) is 51.7 cm³/mol. The Labute approximate surface area is 86.0 Å². The number of hydrogen-bond acceptors (Lipinski definition) is 0. The summed E-state index contributed by atoms with van der Waals surface area (Å²) in [4.78, 5) is 0. The molecule has 11 heavy (non-hydrogen) atoms. The van der Waals surface area contributed by atoms with E-state index in [1.165, 1.54) is 12.1 Å². The fraction of sp³-hybridized carbons (Fsp3) is 0.143. The molecule has 0 fully saturated rings. The normalized spacial score (nSPS) is 10.2. The van der Waals surface area contributed by atoms with E-state index in [4.69, 9.17) is 11.6 Å². The fourth-order valence-electron chi connectivity index (χ4n) is 0.707. The van der Waals surface area contributed by atoms with Crippen LogP contribution in [-0.4, -0.2) is 0 Å². The Balaban J connectivity index is 3.24. The monoisotopic (exact) mass is 300 g/mol. The van der Waals surface area contributed by atoms with Gasteiger partial charge in [-0.1, -0.05) is 27.5 Å². The van der Waals surface area contributed by atoms with Crippen molar-refractivity contribution >= 4 is 43.5 Å². The molecule has 0 spiro atoms. The zero-order valence-corrected chi connectivity index (χ0v) is 9.30. The van der Waals surface area contributed by atoms with E-state index in [2.05, 4.69) is 31.9 Å². The molecule has 0 aliphatic carbocycles. The summed E-state index contributed by atoms with van der Waals surface area (Å²) in [6.07, 6.45) is 0. The third-order valence-electron chi connectivity index (χ3n) is 1.21. The Hall–Kier alpha value is 0.400. The average Bonchev–Trinajstić information content (AvgIpc) is 1.96. The smallest absolute Gasteiger partial charge is 0.124 e. The Bertz CT molecular complexity index is 275. The van der Waals surface area contributed by atoms with Gasteiger partial charge in [0.25, 0.3) is 0 Å². The van der Waals surface area contributed by atoms with Crippen LogP contribution < -0.4 is 0 Å². The van der Waals surface area contributed by atoms with Gasteiger partial charge in [0, 0.05) is 9.80 Å². The second kappa shape index (κ2) is 3.87. The first-order valence-electron chi connectivity index (χ1n) is 2.84. The average molecular weight is 302 g/mol. The molecule has 0 aliphatic heterocycles. The lowest BCUT2D eigenvalue weighted by molar-refractivity contribution is 0.625. The molecule has 0 saturated carbocycles. The van der Waals surface area contributed by atoms with E-state index in [1.54, 1.807) is 0 Å². The Morgan fingerprint density at radius 2 is 2.09 bits per heavy atom. The van der Waals surface area contributed by atoms with Crippen LogP contribution in [0.2, 0.25) is 5.02 Å². The molecule has 0 heterocycles. The highest BCUT2D eigenvalue weighted by Crippen LogP contribution is 2.28. The van der Waals surface area contributed by atoms with Crippen molar-refractivity contribution in [1.29, 1.82) is 0 Å². The summed E-state index contributed by atoms with van der Waals surface area (Å²) in [6.45, 7) is 0. The summed E-state index contributed by atoms with van der Waals surface area (Å²) < 4.78 is 13.3. The van der Waals surface area contributed by atoms with Crippen molar-refractivity contribution in [2.45, 2.75) is 5.33 Å². The van der Waals surface area contributed by atoms with Gasteiger partial charge >= 0.3 is 0 Å². The minimum Gasteiger partial charge on any atom is -0.207 e. The van der Waals surface area contributed by atoms with Gasteiger partial charge in [0.2, 0.25) is 0 Å². The highest BCUT2D eigenvalue weighted by molar-refractivity contribution is 9.10. The van der Waals surface area contributed by atoms with Crippen LogP contribution in [0.15, 0.2) is 16.6 Å². The SMILES string of the molecule is Fc1cc(Br)c(Cl)c(CBr)c1. The summed E-state index contributed by atoms with van der Waals surface area (Å²) >= 11 is 12.2. The molecule has 60 valence electrons. The molecule has 0 aliphatic rings. The highest BCUT2D eigenvalue weighted by Gasteiger charge is 2.05. The van der Waals surface area contributed by atoms with Crippen LogP contribution in [0.3, 0.4) is 0 Å². The first kappa shape index (κ1) is 9.49. The van der Waals surface area contributed by atoms with Crippen molar-refractivity contribution in [3.05, 3.63) is 33.0 Å². The zero-order valence-electron chi connectivity index (χ0n) is 5.37. The summed E-state index contributed by atoms with van der Waals surface area (Å²) in [7, 11) is 0. The number of hydrogen-bond donors (Lipinski definition) is 0. The molecule has 0 unspecified atom stereocenters. The minimum absolute atomic E-state index is 0.282. The first-order chi connectivity index (χ1) is 5.15. The maximum Gasteiger partial charge on any atom is 0.124 e. The Kier molecular flexibility index (Phi) is 3.34. The van der Waals surface area contributed by atoms with Crippen LogP contribution >= 0.6 is 43.5 Å². The van der Waals surface area contributed by atoms with Crippen molar-refractivity contribution in [3.63, 3.8) is 0 Å². The van der Waals surface area contributed by atoms with Crippen molar-refractivity contribution in [3.8, 4) is 0 Å². The number of rotatable bonds is 1. The Morgan fingerprint density at radius 1 is 1.45 bits per heavy atom. The topological polar surface area (TPSA) is 0 Å². The van der Waals surface area contributed by atoms with Crippen molar-refractivity contribution in [2.24, 2.45) is 0 Å². The molecule has 0 bridgehead atoms. The molecule has 0 radical (unpaired) electrons. The van der Waals surface area contributed by atoms with E-state index < -0.39 is 0 Å². The summed E-state index contributed by atoms with van der Waals surface area (Å²) in [5.74, 6) is -0.282. The zero-order chi connectivity index (χ0) is 8.43. The molecular formula is C7H4Br2ClF. The van der Waals surface area contributed by atoms with Gasteiger partial charge in [-0.2, -0.15) is 0 Å². The predicted octanol–water partition coefficient (Wildman–Crippen LogP) is 4.14. The van der Waals surface area contributed by atoms with Gasteiger partial charge in [0.15, 0.2) is 0 Å². The number of benzene rings is 1. The maximum atomic E-state index is 12.7. The van der Waals surface area contributed by atoms with Gasteiger partial charge < -0.3 is 0 Å². The van der Waals surface area contributed by atoms with Crippen LogP contribution in [0.4, 0.5) is 4.39 Å². The van der Waals surface area contributed by atoms with E-state index in [9.17, 15) is 4.39 Å². The maximum absolute atomic E-state index is 12.7. The molecule has 4 heteroatoms. The van der Waals surface area contributed by atoms with E-state index in [0.717, 1.165) is 5.56 Å². The third kappa shape index (κ3) is 2.17. The van der Waals surface area contributed by atoms with Crippen molar-refractivity contribution in [2.75, 3.05) is 0 Å². The number of alkyl halides is 1. The highest BCUT2D eigenvalue weighted by atomic mass is 79.9. The van der Waals surface area contributed by atoms with E-state index in [-0.39, 0.29) is 5.82 Å². The first-order valence-corrected chi connectivity index (χ1v) is 5.13. The van der Waals surface area contributed by atoms with Crippen molar-refractivity contribution in [1.82, 2.24) is 0 Å². The van der Waals surface area contributed by atoms with E-state index in [0.29, 0.717) is 14.8 Å². The standard InChI is InChI=1S/C7H4Br2ClF/c8-3-4-1-5(11)2-6(9)7(4)10/h1-2H,3H2. The van der Waals surface area contributed by atoms with Gasteiger partial charge in [-0.25, -0.2) is 4.39 Å². The molecule has 0 nitrogen and oxygen atoms in total. The van der Waals surface area contributed by atoms with Crippen molar-refractivity contribution < 1.29 is 4.39 Å². The molecular weight excluding hydrogens is 298 g/mol. The van der Waals surface area contributed by atoms with Gasteiger partial charge in [-0.15, -0.1) is 0 Å². The van der Waals surface area contributed by atoms with Crippen LogP contribution in [0.5, 0.6) is 0 Å². The molecule has 0 atom stereocenters. The molecule has 1 rings (SSSR count). The fourth-order valence-corrected chi connectivity index (χ4v) is 1.96. The second-order valence-corrected chi connectivity index (χ2v) is 3.79. The summed E-state index contributed by atoms with van der Waals surface area (Å²) in [6, 6.07) is 2.75. The second-order valence-electron chi connectivity index (χ2n) is 1.99. The van der Waals surface area contributed by atoms with Gasteiger partial charge in [-0.3, -0.25) is 0 Å². The van der Waals surface area contributed by atoms with Crippen LogP contribution in [0.25, 0.3) is 0 Å². The van der Waals surface area contributed by atoms with E-state index in [1.807, 2.05) is 0 Å². The van der Waals surface area contributed by atoms with Gasteiger partial charge in [-0.05, 0) is 33.6 Å². The largest absolute Gasteiger partial charge is 0.207 e. The number of halogens is 4. The molecule has 1 aromatic carbocycles. The molecule has 0 aromatic heterocycles. The van der Waals surface area contributed by atoms with Crippen LogP contribution in [0, 0.1) is 5.82 Å². The summed E-state index contributed by atoms with van der Waals surface area (Å²) in [5, 5.41) is 1.12. The van der Waals surface area contributed by atoms with Gasteiger partial charge in [0.05, 0.1) is 5.02 Å². The molecule has 0 amide bonds. The lowest BCUT2D eigenvalue weighted by Crippen LogP contribution is -1.84. The molecule has 0 N–H and O–H groups in total. The molecule has 1 aromatic rings. The van der Waals surface area contributed by atoms with Gasteiger partial charge in [0.1, 0.15) is 5.82 Å². The molecule has 0 saturated heterocycles. The Morgan fingerprint density at radius 3 is 2.64 bits per heavy atom. The quantitative estimate of drug-likeness (QED) is 0.540. The van der Waals surface area contributed by atoms with Crippen LogP contribution in [-0.2, 0) is 5.33 Å². The summed E-state index contributed by atoms with van der Waals surface area (Å²) in [5.41, 5.74) is 0.749. The minimum atomic E-state index is -0.282. The lowest BCUT2D eigenvalue weighted by Gasteiger charge is -2.01. The lowest BCUT2D eigenvalue weighted by atomic mass is 10.2. The van der Waals surface area contributed by atoms with E-state index >= 15 is 0 Å². The van der Waals surface area contributed by atoms with Crippen LogP contribution in [0.1, 0.15) is 5.56 Å². The third-order valence-corrected chi connectivity index (χ3v) is 3.12.